The van der Waals surface area contributed by atoms with E-state index in [1.807, 2.05) is 37.3 Å². The molecule has 1 aromatic rings. The van der Waals surface area contributed by atoms with E-state index in [1.165, 1.54) is 0 Å². The summed E-state index contributed by atoms with van der Waals surface area (Å²) < 4.78 is 0. The zero-order valence-electron chi connectivity index (χ0n) is 15.8. The number of nitrogens with one attached hydrogen (secondary N) is 3. The maximum absolute atomic E-state index is 12.8. The smallest absolute Gasteiger partial charge is 0.315 e. The first-order chi connectivity index (χ1) is 13.0. The lowest BCUT2D eigenvalue weighted by atomic mass is 9.95. The lowest BCUT2D eigenvalue weighted by Gasteiger charge is -2.29. The van der Waals surface area contributed by atoms with Crippen LogP contribution in [-0.4, -0.2) is 35.1 Å². The highest BCUT2D eigenvalue weighted by Gasteiger charge is 2.42. The molecule has 0 radical (unpaired) electrons. The molecular formula is C20H29N3O4. The number of hydrogen-bond acceptors (Lipinski definition) is 3. The summed E-state index contributed by atoms with van der Waals surface area (Å²) in [5.74, 6) is -1.81. The van der Waals surface area contributed by atoms with Crippen molar-refractivity contribution in [2.24, 2.45) is 5.92 Å². The topological polar surface area (TPSA) is 108 Å². The van der Waals surface area contributed by atoms with Crippen molar-refractivity contribution in [2.75, 3.05) is 6.54 Å². The average Bonchev–Trinajstić information content (AvgIpc) is 3.13. The van der Waals surface area contributed by atoms with Gasteiger partial charge < -0.3 is 21.1 Å². The fourth-order valence-corrected chi connectivity index (χ4v) is 3.47. The number of urea groups is 1. The highest BCUT2D eigenvalue weighted by molar-refractivity contribution is 5.91. The molecule has 0 spiro atoms. The van der Waals surface area contributed by atoms with Crippen molar-refractivity contribution in [3.05, 3.63) is 35.9 Å². The molecule has 2 rings (SSSR count). The predicted molar refractivity (Wildman–Crippen MR) is 102 cm³/mol. The number of carboxylic acids is 1. The number of benzene rings is 1. The Morgan fingerprint density at radius 2 is 1.78 bits per heavy atom. The molecule has 1 aliphatic carbocycles. The van der Waals surface area contributed by atoms with E-state index in [2.05, 4.69) is 16.0 Å². The molecule has 1 saturated carbocycles. The zero-order valence-corrected chi connectivity index (χ0v) is 15.8. The van der Waals surface area contributed by atoms with Crippen LogP contribution in [0.4, 0.5) is 4.79 Å². The number of carbonyl (C=O) groups is 3. The van der Waals surface area contributed by atoms with Gasteiger partial charge in [-0.1, -0.05) is 56.5 Å². The molecule has 1 aromatic carbocycles. The minimum atomic E-state index is -0.962. The van der Waals surface area contributed by atoms with Gasteiger partial charge in [0.2, 0.25) is 5.91 Å². The number of aliphatic carboxylic acids is 1. The van der Waals surface area contributed by atoms with Crippen LogP contribution in [-0.2, 0) is 16.1 Å². The third-order valence-electron chi connectivity index (χ3n) is 5.04. The molecular weight excluding hydrogens is 346 g/mol. The van der Waals surface area contributed by atoms with Crippen LogP contribution in [0.15, 0.2) is 30.3 Å². The SMILES string of the molecule is CCCC(CNC(=O)C1(NC(=O)NCc2ccccc2)CCCC1)C(=O)O. The number of rotatable bonds is 9. The van der Waals surface area contributed by atoms with Gasteiger partial charge in [0, 0.05) is 13.1 Å². The van der Waals surface area contributed by atoms with E-state index in [0.29, 0.717) is 25.8 Å². The van der Waals surface area contributed by atoms with Gasteiger partial charge in [0.05, 0.1) is 5.92 Å². The summed E-state index contributed by atoms with van der Waals surface area (Å²) in [4.78, 5) is 36.4. The van der Waals surface area contributed by atoms with Crippen LogP contribution in [0.3, 0.4) is 0 Å². The first-order valence-electron chi connectivity index (χ1n) is 9.58. The van der Waals surface area contributed by atoms with Crippen molar-refractivity contribution in [3.8, 4) is 0 Å². The Hall–Kier alpha value is -2.57. The van der Waals surface area contributed by atoms with Crippen LogP contribution in [0, 0.1) is 5.92 Å². The van der Waals surface area contributed by atoms with E-state index in [9.17, 15) is 19.5 Å². The number of hydrogen-bond donors (Lipinski definition) is 4. The standard InChI is InChI=1S/C20H29N3O4/c1-2-8-16(17(24)25)14-21-18(26)20(11-6-7-12-20)23-19(27)22-13-15-9-4-3-5-10-15/h3-5,9-10,16H,2,6-8,11-14H2,1H3,(H,21,26)(H,24,25)(H2,22,23,27). The summed E-state index contributed by atoms with van der Waals surface area (Å²) in [6.07, 6.45) is 4.06. The third-order valence-corrected chi connectivity index (χ3v) is 5.04. The highest BCUT2D eigenvalue weighted by Crippen LogP contribution is 2.30. The molecule has 4 N–H and O–H groups in total. The minimum absolute atomic E-state index is 0.0804. The van der Waals surface area contributed by atoms with Crippen molar-refractivity contribution < 1.29 is 19.5 Å². The molecule has 0 aromatic heterocycles. The van der Waals surface area contributed by atoms with E-state index in [1.54, 1.807) is 0 Å². The van der Waals surface area contributed by atoms with E-state index in [4.69, 9.17) is 0 Å². The first-order valence-corrected chi connectivity index (χ1v) is 9.58. The third kappa shape index (κ3) is 5.98. The van der Waals surface area contributed by atoms with Crippen molar-refractivity contribution >= 4 is 17.9 Å². The van der Waals surface area contributed by atoms with Gasteiger partial charge in [-0.15, -0.1) is 0 Å². The van der Waals surface area contributed by atoms with Crippen molar-refractivity contribution in [3.63, 3.8) is 0 Å². The Morgan fingerprint density at radius 1 is 1.11 bits per heavy atom. The van der Waals surface area contributed by atoms with Gasteiger partial charge in [0.25, 0.3) is 0 Å². The average molecular weight is 375 g/mol. The largest absolute Gasteiger partial charge is 0.481 e. The van der Waals surface area contributed by atoms with Crippen LogP contribution in [0.1, 0.15) is 51.0 Å². The van der Waals surface area contributed by atoms with E-state index >= 15 is 0 Å². The number of amides is 3. The molecule has 0 saturated heterocycles. The Labute approximate surface area is 159 Å². The van der Waals surface area contributed by atoms with Gasteiger partial charge in [-0.2, -0.15) is 0 Å². The summed E-state index contributed by atoms with van der Waals surface area (Å²) in [6.45, 7) is 2.37. The molecule has 0 aliphatic heterocycles. The lowest BCUT2D eigenvalue weighted by molar-refractivity contribution is -0.142. The summed E-state index contributed by atoms with van der Waals surface area (Å²) in [7, 11) is 0. The van der Waals surface area contributed by atoms with Gasteiger partial charge in [0.1, 0.15) is 5.54 Å². The van der Waals surface area contributed by atoms with E-state index in [0.717, 1.165) is 24.8 Å². The second kappa shape index (κ2) is 9.94. The Morgan fingerprint density at radius 3 is 2.37 bits per heavy atom. The molecule has 1 aliphatic rings. The van der Waals surface area contributed by atoms with Crippen molar-refractivity contribution in [1.29, 1.82) is 0 Å². The van der Waals surface area contributed by atoms with Crippen LogP contribution >= 0.6 is 0 Å². The summed E-state index contributed by atoms with van der Waals surface area (Å²) in [6, 6.07) is 9.14. The summed E-state index contributed by atoms with van der Waals surface area (Å²) in [5, 5.41) is 17.6. The minimum Gasteiger partial charge on any atom is -0.481 e. The Kier molecular flexibility index (Phi) is 7.64. The van der Waals surface area contributed by atoms with Gasteiger partial charge in [-0.05, 0) is 24.8 Å². The van der Waals surface area contributed by atoms with Gasteiger partial charge >= 0.3 is 12.0 Å². The summed E-state index contributed by atoms with van der Waals surface area (Å²) in [5.41, 5.74) is 0.0113. The van der Waals surface area contributed by atoms with Gasteiger partial charge in [-0.25, -0.2) is 4.79 Å². The van der Waals surface area contributed by atoms with Crippen molar-refractivity contribution in [1.82, 2.24) is 16.0 Å². The van der Waals surface area contributed by atoms with Gasteiger partial charge in [0.15, 0.2) is 0 Å². The number of carboxylic acid groups (broad SMARTS) is 1. The molecule has 7 heteroatoms. The molecule has 1 atom stereocenters. The number of carbonyl (C=O) groups excluding carboxylic acids is 2. The lowest BCUT2D eigenvalue weighted by Crippen LogP contribution is -2.59. The molecule has 27 heavy (non-hydrogen) atoms. The van der Waals surface area contributed by atoms with Crippen LogP contribution in [0.2, 0.25) is 0 Å². The molecule has 1 unspecified atom stereocenters. The molecule has 0 heterocycles. The fourth-order valence-electron chi connectivity index (χ4n) is 3.47. The summed E-state index contributed by atoms with van der Waals surface area (Å²) >= 11 is 0. The second-order valence-corrected chi connectivity index (χ2v) is 7.12. The van der Waals surface area contributed by atoms with Gasteiger partial charge in [-0.3, -0.25) is 9.59 Å². The Balaban J connectivity index is 1.92. The van der Waals surface area contributed by atoms with Crippen molar-refractivity contribution in [2.45, 2.75) is 57.5 Å². The van der Waals surface area contributed by atoms with Crippen LogP contribution in [0.25, 0.3) is 0 Å². The molecule has 148 valence electrons. The van der Waals surface area contributed by atoms with E-state index < -0.39 is 17.4 Å². The molecule has 3 amide bonds. The maximum atomic E-state index is 12.8. The molecule has 7 nitrogen and oxygen atoms in total. The monoisotopic (exact) mass is 375 g/mol. The molecule has 0 bridgehead atoms. The predicted octanol–water partition coefficient (Wildman–Crippen LogP) is 2.42. The van der Waals surface area contributed by atoms with Crippen LogP contribution < -0.4 is 16.0 Å². The Bertz CT molecular complexity index is 642. The first kappa shape index (κ1) is 20.7. The van der Waals surface area contributed by atoms with E-state index in [-0.39, 0.29) is 18.5 Å². The normalized spacial score (nSPS) is 16.3. The highest BCUT2D eigenvalue weighted by atomic mass is 16.4. The quantitative estimate of drug-likeness (QED) is 0.531. The maximum Gasteiger partial charge on any atom is 0.315 e. The molecule has 1 fully saturated rings. The fraction of sp³-hybridized carbons (Fsp3) is 0.550. The zero-order chi connectivity index (χ0) is 19.7. The second-order valence-electron chi connectivity index (χ2n) is 7.12. The van der Waals surface area contributed by atoms with Crippen LogP contribution in [0.5, 0.6) is 0 Å².